The van der Waals surface area contributed by atoms with Gasteiger partial charge in [0, 0.05) is 26.1 Å². The molecular formula is C25H38N2O3. The third-order valence-corrected chi connectivity index (χ3v) is 6.42. The van der Waals surface area contributed by atoms with Crippen molar-refractivity contribution < 1.29 is 14.3 Å². The van der Waals surface area contributed by atoms with E-state index in [0.29, 0.717) is 36.8 Å². The number of para-hydroxylation sites is 1. The zero-order valence-electron chi connectivity index (χ0n) is 18.9. The molecule has 3 rings (SSSR count). The third-order valence-electron chi connectivity index (χ3n) is 6.42. The number of ether oxygens (including phenoxy) is 1. The minimum absolute atomic E-state index is 0.0182. The zero-order chi connectivity index (χ0) is 21.5. The van der Waals surface area contributed by atoms with E-state index in [1.165, 1.54) is 12.8 Å². The number of carbonyl (C=O) groups is 2. The highest BCUT2D eigenvalue weighted by atomic mass is 16.5. The first-order chi connectivity index (χ1) is 14.5. The highest BCUT2D eigenvalue weighted by molar-refractivity contribution is 5.96. The summed E-state index contributed by atoms with van der Waals surface area (Å²) in [6.45, 7) is 9.03. The van der Waals surface area contributed by atoms with E-state index in [2.05, 4.69) is 18.7 Å². The molecule has 0 unspecified atom stereocenters. The minimum Gasteiger partial charge on any atom is -0.491 e. The summed E-state index contributed by atoms with van der Waals surface area (Å²) < 4.78 is 6.23. The van der Waals surface area contributed by atoms with Gasteiger partial charge in [-0.1, -0.05) is 38.8 Å². The van der Waals surface area contributed by atoms with E-state index >= 15 is 0 Å². The lowest BCUT2D eigenvalue weighted by atomic mass is 10.0. The Hall–Kier alpha value is -2.04. The molecule has 5 heteroatoms. The van der Waals surface area contributed by atoms with Crippen LogP contribution in [0.1, 0.15) is 76.1 Å². The quantitative estimate of drug-likeness (QED) is 0.714. The van der Waals surface area contributed by atoms with Crippen molar-refractivity contribution in [2.45, 2.75) is 71.8 Å². The van der Waals surface area contributed by atoms with Crippen LogP contribution in [0.5, 0.6) is 5.75 Å². The molecule has 1 atom stereocenters. The van der Waals surface area contributed by atoms with Crippen LogP contribution in [0, 0.1) is 11.8 Å². The van der Waals surface area contributed by atoms with Crippen molar-refractivity contribution in [1.82, 2.24) is 9.80 Å². The Bertz CT molecular complexity index is 714. The summed E-state index contributed by atoms with van der Waals surface area (Å²) >= 11 is 0. The van der Waals surface area contributed by atoms with Crippen molar-refractivity contribution in [3.8, 4) is 5.75 Å². The average molecular weight is 415 g/mol. The fourth-order valence-electron chi connectivity index (χ4n) is 4.26. The zero-order valence-corrected chi connectivity index (χ0v) is 18.9. The van der Waals surface area contributed by atoms with Crippen molar-refractivity contribution in [3.05, 3.63) is 29.8 Å². The molecule has 1 aliphatic heterocycles. The maximum atomic E-state index is 13.1. The van der Waals surface area contributed by atoms with E-state index in [-0.39, 0.29) is 23.8 Å². The molecule has 2 amide bonds. The monoisotopic (exact) mass is 414 g/mol. The van der Waals surface area contributed by atoms with Gasteiger partial charge in [-0.25, -0.2) is 0 Å². The van der Waals surface area contributed by atoms with E-state index in [9.17, 15) is 9.59 Å². The average Bonchev–Trinajstić information content (AvgIpc) is 3.54. The molecule has 166 valence electrons. The summed E-state index contributed by atoms with van der Waals surface area (Å²) in [6.07, 6.45) is 7.21. The Morgan fingerprint density at radius 3 is 2.47 bits per heavy atom. The lowest BCUT2D eigenvalue weighted by Crippen LogP contribution is -2.47. The van der Waals surface area contributed by atoms with Crippen LogP contribution in [0.25, 0.3) is 0 Å². The second kappa shape index (κ2) is 10.8. The van der Waals surface area contributed by atoms with Gasteiger partial charge in [0.1, 0.15) is 12.4 Å². The van der Waals surface area contributed by atoms with Crippen molar-refractivity contribution in [2.24, 2.45) is 11.8 Å². The second-order valence-corrected chi connectivity index (χ2v) is 9.15. The minimum atomic E-state index is 0.0182. The predicted molar refractivity (Wildman–Crippen MR) is 120 cm³/mol. The summed E-state index contributed by atoms with van der Waals surface area (Å²) in [5, 5.41) is 0. The first kappa shape index (κ1) is 22.6. The molecule has 1 aromatic carbocycles. The van der Waals surface area contributed by atoms with E-state index in [1.54, 1.807) is 0 Å². The topological polar surface area (TPSA) is 49.9 Å². The summed E-state index contributed by atoms with van der Waals surface area (Å²) in [5.41, 5.74) is 0.620. The van der Waals surface area contributed by atoms with Gasteiger partial charge in [-0.3, -0.25) is 9.59 Å². The van der Waals surface area contributed by atoms with Crippen LogP contribution in [0.4, 0.5) is 0 Å². The normalized spacial score (nSPS) is 21.7. The smallest absolute Gasteiger partial charge is 0.257 e. The van der Waals surface area contributed by atoms with Crippen molar-refractivity contribution >= 4 is 11.8 Å². The van der Waals surface area contributed by atoms with E-state index in [1.807, 2.05) is 36.1 Å². The highest BCUT2D eigenvalue weighted by Crippen LogP contribution is 2.33. The Morgan fingerprint density at radius 2 is 1.80 bits per heavy atom. The molecule has 1 aromatic rings. The largest absolute Gasteiger partial charge is 0.491 e. The van der Waals surface area contributed by atoms with Gasteiger partial charge in [-0.2, -0.15) is 0 Å². The van der Waals surface area contributed by atoms with Gasteiger partial charge in [0.05, 0.1) is 11.6 Å². The second-order valence-electron chi connectivity index (χ2n) is 9.15. The number of benzene rings is 1. The highest BCUT2D eigenvalue weighted by Gasteiger charge is 2.32. The van der Waals surface area contributed by atoms with Gasteiger partial charge in [-0.05, 0) is 56.6 Å². The maximum absolute atomic E-state index is 13.1. The number of hydrogen-bond donors (Lipinski definition) is 0. The molecule has 1 heterocycles. The number of fused-ring (bicyclic) bond motifs is 1. The van der Waals surface area contributed by atoms with Crippen LogP contribution in [0.15, 0.2) is 24.3 Å². The molecule has 1 aliphatic carbocycles. The fourth-order valence-corrected chi connectivity index (χ4v) is 4.26. The van der Waals surface area contributed by atoms with Gasteiger partial charge in [0.15, 0.2) is 0 Å². The van der Waals surface area contributed by atoms with Crippen LogP contribution in [0.3, 0.4) is 0 Å². The van der Waals surface area contributed by atoms with Gasteiger partial charge in [0.25, 0.3) is 5.91 Å². The van der Waals surface area contributed by atoms with E-state index < -0.39 is 0 Å². The number of carbonyl (C=O) groups excluding carboxylic acids is 2. The van der Waals surface area contributed by atoms with Crippen LogP contribution < -0.4 is 4.74 Å². The fraction of sp³-hybridized carbons (Fsp3) is 0.680. The molecule has 0 bridgehead atoms. The maximum Gasteiger partial charge on any atom is 0.257 e. The van der Waals surface area contributed by atoms with Crippen LogP contribution in [0.2, 0.25) is 0 Å². The predicted octanol–water partition coefficient (Wildman–Crippen LogP) is 4.75. The molecule has 1 fully saturated rings. The number of rotatable bonds is 4. The van der Waals surface area contributed by atoms with Gasteiger partial charge >= 0.3 is 0 Å². The molecule has 2 aliphatic rings. The first-order valence-electron chi connectivity index (χ1n) is 11.8. The van der Waals surface area contributed by atoms with E-state index in [0.717, 1.165) is 38.8 Å². The van der Waals surface area contributed by atoms with Crippen molar-refractivity contribution in [3.63, 3.8) is 0 Å². The molecule has 0 aromatic heterocycles. The van der Waals surface area contributed by atoms with Crippen molar-refractivity contribution in [1.29, 1.82) is 0 Å². The van der Waals surface area contributed by atoms with Gasteiger partial charge in [0.2, 0.25) is 5.91 Å². The van der Waals surface area contributed by atoms with Crippen LogP contribution >= 0.6 is 0 Å². The summed E-state index contributed by atoms with van der Waals surface area (Å²) in [5.74, 6) is 1.80. The third kappa shape index (κ3) is 5.99. The lowest BCUT2D eigenvalue weighted by molar-refractivity contribution is -0.135. The van der Waals surface area contributed by atoms with Crippen molar-refractivity contribution in [2.75, 3.05) is 26.2 Å². The van der Waals surface area contributed by atoms with Crippen LogP contribution in [-0.2, 0) is 4.79 Å². The van der Waals surface area contributed by atoms with Gasteiger partial charge in [-0.15, -0.1) is 0 Å². The Kier molecular flexibility index (Phi) is 8.17. The van der Waals surface area contributed by atoms with E-state index in [4.69, 9.17) is 4.74 Å². The summed E-state index contributed by atoms with van der Waals surface area (Å²) in [4.78, 5) is 30.2. The molecule has 0 spiro atoms. The molecule has 0 N–H and O–H groups in total. The molecule has 30 heavy (non-hydrogen) atoms. The summed E-state index contributed by atoms with van der Waals surface area (Å²) in [7, 11) is 0. The van der Waals surface area contributed by atoms with Crippen LogP contribution in [-0.4, -0.2) is 53.9 Å². The molecule has 0 radical (unpaired) electrons. The molecule has 1 saturated carbocycles. The lowest BCUT2D eigenvalue weighted by Gasteiger charge is -2.35. The molecular weight excluding hydrogens is 376 g/mol. The Labute approximate surface area is 181 Å². The Morgan fingerprint density at radius 1 is 1.10 bits per heavy atom. The number of amides is 2. The Balaban J connectivity index is 1.84. The molecule has 0 saturated heterocycles. The molecule has 5 nitrogen and oxygen atoms in total. The summed E-state index contributed by atoms with van der Waals surface area (Å²) in [6, 6.07) is 7.55. The van der Waals surface area contributed by atoms with Gasteiger partial charge < -0.3 is 14.5 Å². The first-order valence-corrected chi connectivity index (χ1v) is 11.8. The number of nitrogens with zero attached hydrogens (tertiary/aromatic N) is 2. The SMILES string of the molecule is CCN1CCCCCCN(C(=O)CC2CC2)[C@@H](C(C)C)COc2ccccc2C1=O. The standard InChI is InChI=1S/C25H38N2O3/c1-4-26-15-9-5-6-10-16-27(24(28)17-20-13-14-20)22(19(2)3)18-30-23-12-8-7-11-21(23)25(26)29/h7-8,11-12,19-20,22H,4-6,9-10,13-18H2,1-3H3/t22-/m1/s1. The number of hydrogen-bond acceptors (Lipinski definition) is 3.